The second-order valence-electron chi connectivity index (χ2n) is 13.5. The van der Waals surface area contributed by atoms with Crippen molar-refractivity contribution in [1.82, 2.24) is 4.90 Å². The molecule has 48 heavy (non-hydrogen) atoms. The number of carbonyl (C=O) groups is 2. The first-order chi connectivity index (χ1) is 22.7. The van der Waals surface area contributed by atoms with Crippen LogP contribution in [0.25, 0.3) is 0 Å². The highest BCUT2D eigenvalue weighted by atomic mass is 19.4. The van der Waals surface area contributed by atoms with Crippen molar-refractivity contribution in [2.75, 3.05) is 7.05 Å². The third-order valence-electron chi connectivity index (χ3n) is 10.4. The van der Waals surface area contributed by atoms with Crippen LogP contribution in [0.1, 0.15) is 76.5 Å². The molecule has 1 saturated carbocycles. The minimum Gasteiger partial charge on any atom is -0.457 e. The zero-order chi connectivity index (χ0) is 34.4. The first kappa shape index (κ1) is 34.2. The monoisotopic (exact) mass is 672 g/mol. The number of fused-ring (bicyclic) bond motifs is 2. The van der Waals surface area contributed by atoms with Crippen LogP contribution in [0.3, 0.4) is 0 Å². The van der Waals surface area contributed by atoms with E-state index in [1.54, 1.807) is 12.1 Å². The molecular formula is C35H39F3N2O8. The second kappa shape index (κ2) is 13.0. The Bertz CT molecular complexity index is 1580. The molecule has 13 heteroatoms. The number of nitrogens with zero attached hydrogens (tertiary/aromatic N) is 2. The van der Waals surface area contributed by atoms with Crippen molar-refractivity contribution < 1.29 is 51.5 Å². The molecule has 2 aromatic carbocycles. The number of carbonyl (C=O) groups excluding carboxylic acids is 2. The van der Waals surface area contributed by atoms with E-state index in [4.69, 9.17) is 28.7 Å². The Hall–Kier alpha value is -3.70. The van der Waals surface area contributed by atoms with Crippen LogP contribution in [0.15, 0.2) is 48.5 Å². The highest BCUT2D eigenvalue weighted by Crippen LogP contribution is 2.60. The number of amides is 1. The third kappa shape index (κ3) is 6.39. The highest BCUT2D eigenvalue weighted by molar-refractivity contribution is 5.81. The lowest BCUT2D eigenvalue weighted by atomic mass is 9.58. The molecular weight excluding hydrogens is 633 g/mol. The molecule has 5 aliphatic rings. The maximum absolute atomic E-state index is 13.2. The van der Waals surface area contributed by atoms with Crippen molar-refractivity contribution in [2.24, 2.45) is 23.7 Å². The van der Waals surface area contributed by atoms with Crippen molar-refractivity contribution in [3.63, 3.8) is 0 Å². The molecule has 1 spiro atoms. The number of benzene rings is 2. The number of hydrogen-bond acceptors (Lipinski definition) is 9. The normalized spacial score (nSPS) is 33.0. The van der Waals surface area contributed by atoms with Crippen LogP contribution in [-0.2, 0) is 39.8 Å². The van der Waals surface area contributed by atoms with Gasteiger partial charge >= 0.3 is 12.1 Å². The molecule has 4 aliphatic heterocycles. The van der Waals surface area contributed by atoms with E-state index in [1.807, 2.05) is 13.8 Å². The molecule has 0 N–H and O–H groups in total. The van der Waals surface area contributed by atoms with Gasteiger partial charge in [0.15, 0.2) is 11.9 Å². The van der Waals surface area contributed by atoms with E-state index >= 15 is 0 Å². The van der Waals surface area contributed by atoms with Gasteiger partial charge in [-0.15, -0.1) is 0 Å². The molecule has 0 radical (unpaired) electrons. The van der Waals surface area contributed by atoms with Gasteiger partial charge in [0.05, 0.1) is 18.1 Å². The first-order valence-electron chi connectivity index (χ1n) is 16.2. The molecule has 4 saturated heterocycles. The zero-order valence-corrected chi connectivity index (χ0v) is 27.2. The van der Waals surface area contributed by atoms with Gasteiger partial charge in [-0.25, -0.2) is 9.78 Å². The van der Waals surface area contributed by atoms with Gasteiger partial charge in [-0.1, -0.05) is 32.0 Å². The standard InChI is InChI=1S/C35H39F3N2O8/c1-20-11-12-27-21(2)31(45-32-34(27)26(20)15-16-33(3,46-32)47-48-34)44-30(42)14-13-29(41)40(4)28(19-39)22-7-5-9-24(17-22)43-25-10-6-8-23(18-25)35(36,37)38/h5-10,17-18,20-21,26-28,31-32H,11-16H2,1-4H3/t20-,21-,26?,27?,28?,31-,32-,33+,34-/m1/s1. The number of hydrogen-bond donors (Lipinski definition) is 0. The fourth-order valence-corrected chi connectivity index (χ4v) is 7.73. The predicted octanol–water partition coefficient (Wildman–Crippen LogP) is 7.05. The summed E-state index contributed by atoms with van der Waals surface area (Å²) in [6, 6.07) is 11.7. The molecule has 1 aliphatic carbocycles. The first-order valence-corrected chi connectivity index (χ1v) is 16.2. The van der Waals surface area contributed by atoms with Crippen molar-refractivity contribution in [3.05, 3.63) is 59.7 Å². The smallest absolute Gasteiger partial charge is 0.416 e. The number of nitriles is 1. The fourth-order valence-electron chi connectivity index (χ4n) is 7.73. The molecule has 3 unspecified atom stereocenters. The number of alkyl halides is 3. The number of rotatable bonds is 8. The maximum atomic E-state index is 13.2. The van der Waals surface area contributed by atoms with Crippen LogP contribution < -0.4 is 4.74 Å². The quantitative estimate of drug-likeness (QED) is 0.215. The molecule has 1 amide bonds. The Morgan fingerprint density at radius 1 is 1.04 bits per heavy atom. The lowest BCUT2D eigenvalue weighted by Crippen LogP contribution is -2.70. The molecule has 5 fully saturated rings. The molecule has 7 rings (SSSR count). The summed E-state index contributed by atoms with van der Waals surface area (Å²) in [7, 11) is 1.44. The topological polar surface area (TPSA) is 117 Å². The summed E-state index contributed by atoms with van der Waals surface area (Å²) < 4.78 is 63.4. The molecule has 9 atom stereocenters. The SMILES string of the molecule is C[C@@H]1CCC2[C@@H](C)[C@H](OC(=O)CCC(=O)N(C)C(C#N)c3cccc(Oc4cccc(C(F)(F)F)c4)c3)O[C@@H]3O[C@]4(C)CCC1[C@@]23OO4. The van der Waals surface area contributed by atoms with Crippen LogP contribution in [-0.4, -0.2) is 47.8 Å². The van der Waals surface area contributed by atoms with Crippen LogP contribution >= 0.6 is 0 Å². The van der Waals surface area contributed by atoms with Crippen molar-refractivity contribution >= 4 is 11.9 Å². The molecule has 258 valence electrons. The van der Waals surface area contributed by atoms with E-state index in [9.17, 15) is 28.0 Å². The summed E-state index contributed by atoms with van der Waals surface area (Å²) in [5, 5.41) is 9.94. The van der Waals surface area contributed by atoms with Crippen LogP contribution in [0.4, 0.5) is 13.2 Å². The lowest BCUT2D eigenvalue weighted by Gasteiger charge is -2.59. The average molecular weight is 673 g/mol. The van der Waals surface area contributed by atoms with E-state index < -0.39 is 53.6 Å². The largest absolute Gasteiger partial charge is 0.457 e. The zero-order valence-electron chi connectivity index (χ0n) is 27.2. The van der Waals surface area contributed by atoms with E-state index in [0.29, 0.717) is 17.9 Å². The number of ether oxygens (including phenoxy) is 4. The molecule has 2 bridgehead atoms. The number of halogens is 3. The summed E-state index contributed by atoms with van der Waals surface area (Å²) in [5.41, 5.74) is -1.27. The Morgan fingerprint density at radius 3 is 2.50 bits per heavy atom. The van der Waals surface area contributed by atoms with E-state index in [1.165, 1.54) is 36.2 Å². The van der Waals surface area contributed by atoms with Gasteiger partial charge in [0.25, 0.3) is 0 Å². The summed E-state index contributed by atoms with van der Waals surface area (Å²) in [6.45, 7) is 5.99. The maximum Gasteiger partial charge on any atom is 0.416 e. The van der Waals surface area contributed by atoms with Gasteiger partial charge < -0.3 is 23.8 Å². The minimum atomic E-state index is -4.53. The Kier molecular flexibility index (Phi) is 9.23. The molecule has 10 nitrogen and oxygen atoms in total. The van der Waals surface area contributed by atoms with Crippen LogP contribution in [0, 0.1) is 35.0 Å². The van der Waals surface area contributed by atoms with Gasteiger partial charge in [-0.3, -0.25) is 9.59 Å². The molecule has 2 aromatic rings. The average Bonchev–Trinajstić information content (AvgIpc) is 3.28. The van der Waals surface area contributed by atoms with Gasteiger partial charge in [-0.05, 0) is 73.9 Å². The van der Waals surface area contributed by atoms with E-state index in [-0.39, 0.29) is 42.1 Å². The Morgan fingerprint density at radius 2 is 1.77 bits per heavy atom. The number of esters is 1. The summed E-state index contributed by atoms with van der Waals surface area (Å²) in [6.07, 6.45) is -3.32. The summed E-state index contributed by atoms with van der Waals surface area (Å²) >= 11 is 0. The second-order valence-corrected chi connectivity index (χ2v) is 13.5. The third-order valence-corrected chi connectivity index (χ3v) is 10.4. The van der Waals surface area contributed by atoms with E-state index in [0.717, 1.165) is 31.4 Å². The van der Waals surface area contributed by atoms with Crippen LogP contribution in [0.5, 0.6) is 11.5 Å². The van der Waals surface area contributed by atoms with Gasteiger partial charge in [0.1, 0.15) is 17.5 Å². The molecule has 0 aromatic heterocycles. The summed E-state index contributed by atoms with van der Waals surface area (Å²) in [5.74, 6) is -1.62. The minimum absolute atomic E-state index is 0.0316. The fraction of sp³-hybridized carbons (Fsp3) is 0.571. The van der Waals surface area contributed by atoms with Crippen molar-refractivity contribution in [2.45, 2.75) is 95.5 Å². The summed E-state index contributed by atoms with van der Waals surface area (Å²) in [4.78, 5) is 39.4. The predicted molar refractivity (Wildman–Crippen MR) is 161 cm³/mol. The van der Waals surface area contributed by atoms with E-state index in [2.05, 4.69) is 13.0 Å². The van der Waals surface area contributed by atoms with Gasteiger partial charge in [0.2, 0.25) is 18.0 Å². The van der Waals surface area contributed by atoms with Crippen LogP contribution in [0.2, 0.25) is 0 Å². The molecule has 4 heterocycles. The van der Waals surface area contributed by atoms with Gasteiger partial charge in [-0.2, -0.15) is 18.4 Å². The highest BCUT2D eigenvalue weighted by Gasteiger charge is 2.69. The van der Waals surface area contributed by atoms with Gasteiger partial charge in [0, 0.05) is 31.7 Å². The lowest BCUT2D eigenvalue weighted by molar-refractivity contribution is -0.576. The Labute approximate surface area is 276 Å². The van der Waals surface area contributed by atoms with Crippen molar-refractivity contribution in [1.29, 1.82) is 5.26 Å². The van der Waals surface area contributed by atoms with Crippen molar-refractivity contribution in [3.8, 4) is 17.6 Å². The Balaban J connectivity index is 1.07.